The molecule has 7 nitrogen and oxygen atoms in total. The fraction of sp³-hybridized carbons (Fsp3) is 0.211. The Balaban J connectivity index is 1.64. The molecule has 1 amide bonds. The predicted octanol–water partition coefficient (Wildman–Crippen LogP) is 3.04. The molecule has 134 valence electrons. The van der Waals surface area contributed by atoms with Crippen LogP contribution in [-0.2, 0) is 11.3 Å². The molecule has 2 aromatic carbocycles. The van der Waals surface area contributed by atoms with E-state index in [1.54, 1.807) is 30.2 Å². The number of benzene rings is 2. The van der Waals surface area contributed by atoms with Crippen molar-refractivity contribution in [2.45, 2.75) is 6.54 Å². The first kappa shape index (κ1) is 17.5. The van der Waals surface area contributed by atoms with Gasteiger partial charge in [0.2, 0.25) is 5.91 Å². The molecule has 0 bridgehead atoms. The number of carbonyl (C=O) groups is 1. The van der Waals surface area contributed by atoms with E-state index < -0.39 is 4.92 Å². The van der Waals surface area contributed by atoms with Crippen molar-refractivity contribution in [1.82, 2.24) is 4.90 Å². The first-order chi connectivity index (χ1) is 12.5. The third-order valence-electron chi connectivity index (χ3n) is 3.90. The van der Waals surface area contributed by atoms with E-state index in [-0.39, 0.29) is 11.6 Å². The van der Waals surface area contributed by atoms with E-state index in [9.17, 15) is 14.9 Å². The number of hydrogen-bond donors (Lipinski definition) is 0. The van der Waals surface area contributed by atoms with Crippen LogP contribution in [0.25, 0.3) is 6.08 Å². The predicted molar refractivity (Wildman–Crippen MR) is 96.0 cm³/mol. The van der Waals surface area contributed by atoms with Gasteiger partial charge in [0.25, 0.3) is 5.69 Å². The number of rotatable bonds is 5. The highest BCUT2D eigenvalue weighted by Gasteiger charge is 2.13. The molecule has 0 spiro atoms. The summed E-state index contributed by atoms with van der Waals surface area (Å²) in [5.41, 5.74) is 1.51. The van der Waals surface area contributed by atoms with Crippen LogP contribution in [0, 0.1) is 10.1 Å². The van der Waals surface area contributed by atoms with Crippen LogP contribution in [0.5, 0.6) is 11.5 Å². The number of hydrogen-bond acceptors (Lipinski definition) is 5. The lowest BCUT2D eigenvalue weighted by molar-refractivity contribution is -0.384. The SMILES string of the molecule is CN(Cc1ccc2c(c1)OCCO2)C(=O)/C=C/c1cccc([N+](=O)[O-])c1. The number of carbonyl (C=O) groups excluding carboxylic acids is 1. The third-order valence-corrected chi connectivity index (χ3v) is 3.90. The first-order valence-electron chi connectivity index (χ1n) is 8.09. The molecule has 0 saturated heterocycles. The molecule has 0 aromatic heterocycles. The molecule has 26 heavy (non-hydrogen) atoms. The van der Waals surface area contributed by atoms with Gasteiger partial charge in [-0.2, -0.15) is 0 Å². The van der Waals surface area contributed by atoms with Gasteiger partial charge in [-0.3, -0.25) is 14.9 Å². The van der Waals surface area contributed by atoms with Crippen molar-refractivity contribution in [2.75, 3.05) is 20.3 Å². The van der Waals surface area contributed by atoms with Gasteiger partial charge in [-0.25, -0.2) is 0 Å². The Bertz CT molecular complexity index is 863. The quantitative estimate of drug-likeness (QED) is 0.468. The third kappa shape index (κ3) is 4.18. The van der Waals surface area contributed by atoms with Gasteiger partial charge in [0, 0.05) is 31.8 Å². The molecule has 1 aliphatic heterocycles. The van der Waals surface area contributed by atoms with Gasteiger partial charge < -0.3 is 14.4 Å². The van der Waals surface area contributed by atoms with Gasteiger partial charge >= 0.3 is 0 Å². The van der Waals surface area contributed by atoms with Gasteiger partial charge in [-0.05, 0) is 29.3 Å². The number of ether oxygens (including phenoxy) is 2. The lowest BCUT2D eigenvalue weighted by Crippen LogP contribution is -2.24. The number of fused-ring (bicyclic) bond motifs is 1. The average molecular weight is 354 g/mol. The molecule has 0 fully saturated rings. The number of nitrogens with zero attached hydrogens (tertiary/aromatic N) is 2. The maximum atomic E-state index is 12.3. The smallest absolute Gasteiger partial charge is 0.270 e. The van der Waals surface area contributed by atoms with Gasteiger partial charge in [0.05, 0.1) is 4.92 Å². The zero-order valence-electron chi connectivity index (χ0n) is 14.3. The highest BCUT2D eigenvalue weighted by Crippen LogP contribution is 2.31. The molecule has 0 N–H and O–H groups in total. The van der Waals surface area contributed by atoms with Crippen LogP contribution in [0.4, 0.5) is 5.69 Å². The Hall–Kier alpha value is -3.35. The highest BCUT2D eigenvalue weighted by molar-refractivity contribution is 5.91. The van der Waals surface area contributed by atoms with E-state index >= 15 is 0 Å². The summed E-state index contributed by atoms with van der Waals surface area (Å²) < 4.78 is 11.0. The number of nitro groups is 1. The van der Waals surface area contributed by atoms with Crippen LogP contribution in [-0.4, -0.2) is 36.0 Å². The van der Waals surface area contributed by atoms with Crippen LogP contribution in [0.15, 0.2) is 48.5 Å². The summed E-state index contributed by atoms with van der Waals surface area (Å²) in [7, 11) is 1.69. The summed E-state index contributed by atoms with van der Waals surface area (Å²) in [4.78, 5) is 24.2. The lowest BCUT2D eigenvalue weighted by atomic mass is 10.1. The molecule has 2 aromatic rings. The summed E-state index contributed by atoms with van der Waals surface area (Å²) in [6.07, 6.45) is 2.97. The Kier molecular flexibility index (Phi) is 5.17. The van der Waals surface area contributed by atoms with E-state index in [1.807, 2.05) is 18.2 Å². The number of non-ortho nitro benzene ring substituents is 1. The molecule has 1 aliphatic rings. The van der Waals surface area contributed by atoms with Crippen molar-refractivity contribution in [2.24, 2.45) is 0 Å². The van der Waals surface area contributed by atoms with Crippen LogP contribution in [0.3, 0.4) is 0 Å². The van der Waals surface area contributed by atoms with Gasteiger partial charge in [-0.1, -0.05) is 18.2 Å². The summed E-state index contributed by atoms with van der Waals surface area (Å²) in [5, 5.41) is 10.8. The van der Waals surface area contributed by atoms with Crippen molar-refractivity contribution < 1.29 is 19.2 Å². The van der Waals surface area contributed by atoms with Crippen LogP contribution in [0.2, 0.25) is 0 Å². The van der Waals surface area contributed by atoms with Crippen molar-refractivity contribution in [3.63, 3.8) is 0 Å². The number of likely N-dealkylation sites (N-methyl/N-ethyl adjacent to an activating group) is 1. The fourth-order valence-electron chi connectivity index (χ4n) is 2.57. The largest absolute Gasteiger partial charge is 0.486 e. The Morgan fingerprint density at radius 1 is 1.19 bits per heavy atom. The molecule has 7 heteroatoms. The molecule has 0 atom stereocenters. The summed E-state index contributed by atoms with van der Waals surface area (Å²) in [5.74, 6) is 1.19. The average Bonchev–Trinajstić information content (AvgIpc) is 2.66. The lowest BCUT2D eigenvalue weighted by Gasteiger charge is -2.20. The molecule has 1 heterocycles. The second-order valence-corrected chi connectivity index (χ2v) is 5.86. The van der Waals surface area contributed by atoms with Gasteiger partial charge in [-0.15, -0.1) is 0 Å². The maximum absolute atomic E-state index is 12.3. The van der Waals surface area contributed by atoms with Crippen LogP contribution >= 0.6 is 0 Å². The molecular formula is C19H18N2O5. The number of nitro benzene ring substituents is 1. The minimum absolute atomic E-state index is 0.00997. The van der Waals surface area contributed by atoms with Crippen molar-refractivity contribution in [3.05, 3.63) is 69.8 Å². The Morgan fingerprint density at radius 2 is 1.96 bits per heavy atom. The van der Waals surface area contributed by atoms with Crippen molar-refractivity contribution in [1.29, 1.82) is 0 Å². The zero-order chi connectivity index (χ0) is 18.5. The fourth-order valence-corrected chi connectivity index (χ4v) is 2.57. The minimum atomic E-state index is -0.465. The van der Waals surface area contributed by atoms with Crippen LogP contribution in [0.1, 0.15) is 11.1 Å². The second kappa shape index (κ2) is 7.69. The highest BCUT2D eigenvalue weighted by atomic mass is 16.6. The summed E-state index contributed by atoms with van der Waals surface area (Å²) in [6.45, 7) is 1.46. The topological polar surface area (TPSA) is 81.9 Å². The van der Waals surface area contributed by atoms with E-state index in [0.717, 1.165) is 5.56 Å². The summed E-state index contributed by atoms with van der Waals surface area (Å²) >= 11 is 0. The zero-order valence-corrected chi connectivity index (χ0v) is 14.3. The summed E-state index contributed by atoms with van der Waals surface area (Å²) in [6, 6.07) is 11.7. The molecule has 0 aliphatic carbocycles. The van der Waals surface area contributed by atoms with Crippen LogP contribution < -0.4 is 9.47 Å². The minimum Gasteiger partial charge on any atom is -0.486 e. The molecule has 0 saturated carbocycles. The van der Waals surface area contributed by atoms with Crippen molar-refractivity contribution in [3.8, 4) is 11.5 Å². The molecular weight excluding hydrogens is 336 g/mol. The Labute approximate surface area is 150 Å². The first-order valence-corrected chi connectivity index (χ1v) is 8.09. The molecule has 0 unspecified atom stereocenters. The monoisotopic (exact) mass is 354 g/mol. The molecule has 0 radical (unpaired) electrons. The second-order valence-electron chi connectivity index (χ2n) is 5.86. The standard InChI is InChI=1S/C19H18N2O5/c1-20(13-15-5-7-17-18(12-15)26-10-9-25-17)19(22)8-6-14-3-2-4-16(11-14)21(23)24/h2-8,11-12H,9-10,13H2,1H3/b8-6+. The van der Waals surface area contributed by atoms with Gasteiger partial charge in [0.1, 0.15) is 13.2 Å². The maximum Gasteiger partial charge on any atom is 0.270 e. The Morgan fingerprint density at radius 3 is 2.73 bits per heavy atom. The van der Waals surface area contributed by atoms with Crippen molar-refractivity contribution >= 4 is 17.7 Å². The van der Waals surface area contributed by atoms with E-state index in [0.29, 0.717) is 36.8 Å². The van der Waals surface area contributed by atoms with Gasteiger partial charge in [0.15, 0.2) is 11.5 Å². The van der Waals surface area contributed by atoms with E-state index in [2.05, 4.69) is 0 Å². The van der Waals surface area contributed by atoms with E-state index in [1.165, 1.54) is 18.2 Å². The molecule has 3 rings (SSSR count). The normalized spacial score (nSPS) is 12.8. The van der Waals surface area contributed by atoms with E-state index in [4.69, 9.17) is 9.47 Å². The number of amides is 1.